The van der Waals surface area contributed by atoms with Crippen LogP contribution in [-0.4, -0.2) is 60.7 Å². The summed E-state index contributed by atoms with van der Waals surface area (Å²) < 4.78 is 12.8. The Kier molecular flexibility index (Phi) is 9.73. The molecule has 2 rings (SSSR count). The highest BCUT2D eigenvalue weighted by atomic mass is 16.5. The summed E-state index contributed by atoms with van der Waals surface area (Å²) in [4.78, 5) is 4.59. The normalized spacial score (nSPS) is 11.4. The van der Waals surface area contributed by atoms with Crippen molar-refractivity contribution in [3.05, 3.63) is 42.5 Å². The molecule has 8 heteroatoms. The summed E-state index contributed by atoms with van der Waals surface area (Å²) in [6.45, 7) is 6.23. The van der Waals surface area contributed by atoms with Crippen molar-refractivity contribution in [1.82, 2.24) is 25.4 Å². The van der Waals surface area contributed by atoms with Crippen molar-refractivity contribution < 1.29 is 9.47 Å². The maximum absolute atomic E-state index is 5.71. The average molecular weight is 374 g/mol. The largest absolute Gasteiger partial charge is 0.492 e. The van der Waals surface area contributed by atoms with Crippen LogP contribution in [-0.2, 0) is 17.7 Å². The molecule has 1 aromatic heterocycles. The molecule has 0 amide bonds. The minimum Gasteiger partial charge on any atom is -0.492 e. The second-order valence-corrected chi connectivity index (χ2v) is 5.89. The first-order valence-electron chi connectivity index (χ1n) is 9.39. The van der Waals surface area contributed by atoms with E-state index in [2.05, 4.69) is 32.7 Å². The first-order chi connectivity index (χ1) is 13.3. The molecule has 8 nitrogen and oxygen atoms in total. The number of hydrogen-bond donors (Lipinski definition) is 2. The number of para-hydroxylation sites is 1. The molecule has 0 fully saturated rings. The van der Waals surface area contributed by atoms with Crippen LogP contribution in [0.3, 0.4) is 0 Å². The van der Waals surface area contributed by atoms with Gasteiger partial charge in [0.05, 0.1) is 6.54 Å². The minimum absolute atomic E-state index is 0.564. The SMILES string of the molecule is CCc1nncn1CCNC(=NCCCOC)NCCOc1ccccc1. The Labute approximate surface area is 161 Å². The number of rotatable bonds is 12. The number of nitrogens with one attached hydrogen (secondary N) is 2. The predicted octanol–water partition coefficient (Wildman–Crippen LogP) is 1.49. The van der Waals surface area contributed by atoms with Crippen LogP contribution < -0.4 is 15.4 Å². The van der Waals surface area contributed by atoms with Gasteiger partial charge in [-0.2, -0.15) is 0 Å². The Balaban J connectivity index is 1.75. The fraction of sp³-hybridized carbons (Fsp3) is 0.526. The second kappa shape index (κ2) is 12.7. The fourth-order valence-electron chi connectivity index (χ4n) is 2.46. The smallest absolute Gasteiger partial charge is 0.191 e. The van der Waals surface area contributed by atoms with Gasteiger partial charge in [-0.1, -0.05) is 25.1 Å². The van der Waals surface area contributed by atoms with Gasteiger partial charge in [0.25, 0.3) is 0 Å². The van der Waals surface area contributed by atoms with Crippen molar-refractivity contribution >= 4 is 5.96 Å². The Morgan fingerprint density at radius 1 is 1.15 bits per heavy atom. The molecule has 0 saturated carbocycles. The molecule has 27 heavy (non-hydrogen) atoms. The van der Waals surface area contributed by atoms with E-state index in [9.17, 15) is 0 Å². The average Bonchev–Trinajstić information content (AvgIpc) is 3.16. The predicted molar refractivity (Wildman–Crippen MR) is 106 cm³/mol. The quantitative estimate of drug-likeness (QED) is 0.333. The van der Waals surface area contributed by atoms with Crippen LogP contribution in [0.5, 0.6) is 5.75 Å². The Hall–Kier alpha value is -2.61. The summed E-state index contributed by atoms with van der Waals surface area (Å²) >= 11 is 0. The zero-order chi connectivity index (χ0) is 19.2. The summed E-state index contributed by atoms with van der Waals surface area (Å²) in [5.41, 5.74) is 0. The van der Waals surface area contributed by atoms with E-state index in [1.54, 1.807) is 13.4 Å². The van der Waals surface area contributed by atoms with Gasteiger partial charge < -0.3 is 24.7 Å². The Morgan fingerprint density at radius 2 is 1.96 bits per heavy atom. The molecule has 0 aliphatic carbocycles. The number of guanidine groups is 1. The third-order valence-electron chi connectivity index (χ3n) is 3.84. The van der Waals surface area contributed by atoms with E-state index in [1.165, 1.54) is 0 Å². The van der Waals surface area contributed by atoms with Crippen LogP contribution in [0.15, 0.2) is 41.7 Å². The van der Waals surface area contributed by atoms with Crippen molar-refractivity contribution in [3.63, 3.8) is 0 Å². The van der Waals surface area contributed by atoms with Crippen LogP contribution in [0.2, 0.25) is 0 Å². The first kappa shape index (κ1) is 20.7. The monoisotopic (exact) mass is 374 g/mol. The highest BCUT2D eigenvalue weighted by Gasteiger charge is 2.03. The number of benzene rings is 1. The number of ether oxygens (including phenoxy) is 2. The first-order valence-corrected chi connectivity index (χ1v) is 9.39. The van der Waals surface area contributed by atoms with E-state index >= 15 is 0 Å². The number of aromatic nitrogens is 3. The molecule has 2 N–H and O–H groups in total. The van der Waals surface area contributed by atoms with Crippen molar-refractivity contribution in [2.75, 3.05) is 40.0 Å². The van der Waals surface area contributed by atoms with Crippen LogP contribution in [0, 0.1) is 0 Å². The van der Waals surface area contributed by atoms with Crippen LogP contribution in [0.1, 0.15) is 19.2 Å². The molecule has 148 valence electrons. The number of aliphatic imine (C=N–C) groups is 1. The standard InChI is InChI=1S/C19H30N6O2/c1-3-18-24-23-16-25(18)13-11-21-19(20-10-7-14-26-2)22-12-15-27-17-8-5-4-6-9-17/h4-6,8-9,16H,3,7,10-15H2,1-2H3,(H2,20,21,22). The van der Waals surface area contributed by atoms with Gasteiger partial charge in [0.15, 0.2) is 5.96 Å². The summed E-state index contributed by atoms with van der Waals surface area (Å²) in [6.07, 6.45) is 3.51. The molecular weight excluding hydrogens is 344 g/mol. The van der Waals surface area contributed by atoms with Gasteiger partial charge in [-0.25, -0.2) is 0 Å². The van der Waals surface area contributed by atoms with Crippen molar-refractivity contribution in [3.8, 4) is 5.75 Å². The topological polar surface area (TPSA) is 85.6 Å². The molecule has 0 saturated heterocycles. The lowest BCUT2D eigenvalue weighted by Crippen LogP contribution is -2.41. The zero-order valence-electron chi connectivity index (χ0n) is 16.2. The van der Waals surface area contributed by atoms with Crippen LogP contribution in [0.25, 0.3) is 0 Å². The van der Waals surface area contributed by atoms with Crippen LogP contribution >= 0.6 is 0 Å². The molecule has 0 atom stereocenters. The number of hydrogen-bond acceptors (Lipinski definition) is 5. The highest BCUT2D eigenvalue weighted by molar-refractivity contribution is 5.79. The Morgan fingerprint density at radius 3 is 2.74 bits per heavy atom. The van der Waals surface area contributed by atoms with Crippen LogP contribution in [0.4, 0.5) is 0 Å². The van der Waals surface area contributed by atoms with Gasteiger partial charge in [0.1, 0.15) is 24.5 Å². The van der Waals surface area contributed by atoms with E-state index in [1.807, 2.05) is 34.9 Å². The van der Waals surface area contributed by atoms with Crippen molar-refractivity contribution in [2.24, 2.45) is 4.99 Å². The highest BCUT2D eigenvalue weighted by Crippen LogP contribution is 2.07. The maximum Gasteiger partial charge on any atom is 0.191 e. The molecule has 0 radical (unpaired) electrons. The maximum atomic E-state index is 5.71. The summed E-state index contributed by atoms with van der Waals surface area (Å²) in [6, 6.07) is 9.79. The van der Waals surface area contributed by atoms with Gasteiger partial charge in [-0.3, -0.25) is 4.99 Å². The van der Waals surface area contributed by atoms with Gasteiger partial charge in [-0.05, 0) is 18.6 Å². The summed E-state index contributed by atoms with van der Waals surface area (Å²) in [7, 11) is 1.70. The molecule has 0 spiro atoms. The van der Waals surface area contributed by atoms with E-state index < -0.39 is 0 Å². The van der Waals surface area contributed by atoms with Gasteiger partial charge in [-0.15, -0.1) is 10.2 Å². The molecule has 0 unspecified atom stereocenters. The molecule has 1 heterocycles. The van der Waals surface area contributed by atoms with Crippen molar-refractivity contribution in [2.45, 2.75) is 26.3 Å². The number of aryl methyl sites for hydroxylation is 1. The molecule has 1 aromatic carbocycles. The second-order valence-electron chi connectivity index (χ2n) is 5.89. The van der Waals surface area contributed by atoms with Crippen molar-refractivity contribution in [1.29, 1.82) is 0 Å². The van der Waals surface area contributed by atoms with E-state index in [4.69, 9.17) is 9.47 Å². The van der Waals surface area contributed by atoms with E-state index in [0.717, 1.165) is 43.5 Å². The Bertz CT molecular complexity index is 659. The van der Waals surface area contributed by atoms with Gasteiger partial charge in [0.2, 0.25) is 0 Å². The fourth-order valence-corrected chi connectivity index (χ4v) is 2.46. The lowest BCUT2D eigenvalue weighted by molar-refractivity contribution is 0.197. The number of methoxy groups -OCH3 is 1. The summed E-state index contributed by atoms with van der Waals surface area (Å²) in [5, 5.41) is 14.7. The molecule has 0 aliphatic rings. The molecular formula is C19H30N6O2. The number of nitrogens with zero attached hydrogens (tertiary/aromatic N) is 4. The summed E-state index contributed by atoms with van der Waals surface area (Å²) in [5.74, 6) is 2.62. The molecule has 0 bridgehead atoms. The minimum atomic E-state index is 0.564. The van der Waals surface area contributed by atoms with Gasteiger partial charge >= 0.3 is 0 Å². The zero-order valence-corrected chi connectivity index (χ0v) is 16.2. The molecule has 2 aromatic rings. The third kappa shape index (κ3) is 8.08. The third-order valence-corrected chi connectivity index (χ3v) is 3.84. The lowest BCUT2D eigenvalue weighted by atomic mass is 10.3. The van der Waals surface area contributed by atoms with Gasteiger partial charge in [0, 0.05) is 39.8 Å². The lowest BCUT2D eigenvalue weighted by Gasteiger charge is -2.14. The van der Waals surface area contributed by atoms with E-state index in [-0.39, 0.29) is 0 Å². The molecule has 0 aliphatic heterocycles. The van der Waals surface area contributed by atoms with E-state index in [0.29, 0.717) is 26.3 Å².